The summed E-state index contributed by atoms with van der Waals surface area (Å²) in [6.07, 6.45) is 18.4. The number of piperidine rings is 1. The Morgan fingerprint density at radius 2 is 1.47 bits per heavy atom. The first kappa shape index (κ1) is 36.6. The van der Waals surface area contributed by atoms with Crippen molar-refractivity contribution in [3.63, 3.8) is 0 Å². The zero-order valence-electron chi connectivity index (χ0n) is 29.3. The molecule has 0 aromatic carbocycles. The van der Waals surface area contributed by atoms with Crippen molar-refractivity contribution in [2.45, 2.75) is 128 Å². The van der Waals surface area contributed by atoms with Gasteiger partial charge in [-0.15, -0.1) is 18.9 Å². The average molecular weight is 678 g/mol. The molecule has 4 saturated carbocycles. The normalized spacial score (nSPS) is 26.6. The van der Waals surface area contributed by atoms with Gasteiger partial charge in [0.1, 0.15) is 12.1 Å². The zero-order chi connectivity index (χ0) is 35.3. The Kier molecular flexibility index (Phi) is 11.9. The molecule has 1 saturated heterocycles. The third-order valence-electron chi connectivity index (χ3n) is 12.0. The number of likely N-dealkylation sites (tertiary alicyclic amines) is 1. The Balaban J connectivity index is 1.34. The summed E-state index contributed by atoms with van der Waals surface area (Å²) in [5.74, 6) is 0.0516. The molecule has 49 heavy (non-hydrogen) atoms. The molecule has 1 heterocycles. The van der Waals surface area contributed by atoms with Gasteiger partial charge in [-0.3, -0.25) is 24.0 Å². The predicted octanol–water partition coefficient (Wildman–Crippen LogP) is 3.42. The fraction of sp³-hybridized carbons (Fsp3) is 0.737. The number of hydrogen-bond acceptors (Lipinski definition) is 6. The molecule has 6 atom stereocenters. The van der Waals surface area contributed by atoms with E-state index in [9.17, 15) is 28.8 Å². The van der Waals surface area contributed by atoms with Crippen LogP contribution < -0.4 is 21.3 Å². The molecule has 268 valence electrons. The van der Waals surface area contributed by atoms with Crippen LogP contribution in [0, 0.1) is 47.3 Å². The third kappa shape index (κ3) is 8.38. The van der Waals surface area contributed by atoms with Crippen LogP contribution in [0.2, 0.25) is 0 Å². The van der Waals surface area contributed by atoms with Gasteiger partial charge in [-0.25, -0.2) is 4.79 Å². The van der Waals surface area contributed by atoms with Gasteiger partial charge in [0.25, 0.3) is 5.91 Å². The maximum atomic E-state index is 14.6. The van der Waals surface area contributed by atoms with E-state index < -0.39 is 47.8 Å². The van der Waals surface area contributed by atoms with Gasteiger partial charge < -0.3 is 26.2 Å². The summed E-state index contributed by atoms with van der Waals surface area (Å²) in [5, 5.41) is 11.3. The van der Waals surface area contributed by atoms with Crippen molar-refractivity contribution in [3.05, 3.63) is 12.7 Å². The highest BCUT2D eigenvalue weighted by Crippen LogP contribution is 2.65. The van der Waals surface area contributed by atoms with Crippen LogP contribution >= 0.6 is 0 Å². The Morgan fingerprint density at radius 3 is 2.04 bits per heavy atom. The average Bonchev–Trinajstić information content (AvgIpc) is 3.99. The van der Waals surface area contributed by atoms with Gasteiger partial charge in [0.2, 0.25) is 17.6 Å². The lowest BCUT2D eigenvalue weighted by Crippen LogP contribution is -2.61. The quantitative estimate of drug-likeness (QED) is 0.118. The second kappa shape index (κ2) is 15.9. The number of amides is 5. The molecule has 4 aliphatic carbocycles. The maximum absolute atomic E-state index is 14.6. The molecule has 5 amide bonds. The maximum Gasteiger partial charge on any atom is 0.316 e. The molecule has 0 radical (unpaired) electrons. The monoisotopic (exact) mass is 677 g/mol. The second-order valence-corrected chi connectivity index (χ2v) is 15.6. The minimum absolute atomic E-state index is 0.00588. The molecule has 4 N–H and O–H groups in total. The van der Waals surface area contributed by atoms with Crippen LogP contribution in [0.25, 0.3) is 0 Å². The summed E-state index contributed by atoms with van der Waals surface area (Å²) < 4.78 is 0. The van der Waals surface area contributed by atoms with Crippen molar-refractivity contribution in [3.8, 4) is 12.3 Å². The van der Waals surface area contributed by atoms with Crippen LogP contribution in [0.15, 0.2) is 12.7 Å². The fourth-order valence-electron chi connectivity index (χ4n) is 8.84. The number of ketones is 2. The molecular weight excluding hydrogens is 622 g/mol. The van der Waals surface area contributed by atoms with E-state index in [1.54, 1.807) is 4.90 Å². The summed E-state index contributed by atoms with van der Waals surface area (Å²) in [5.41, 5.74) is -0.194. The third-order valence-corrected chi connectivity index (χ3v) is 12.0. The van der Waals surface area contributed by atoms with E-state index in [-0.39, 0.29) is 66.1 Å². The smallest absolute Gasteiger partial charge is 0.316 e. The Bertz CT molecular complexity index is 1340. The lowest BCUT2D eigenvalue weighted by Gasteiger charge is -2.37. The predicted molar refractivity (Wildman–Crippen MR) is 185 cm³/mol. The van der Waals surface area contributed by atoms with Gasteiger partial charge >= 0.3 is 6.03 Å². The number of terminal acetylenes is 1. The summed E-state index contributed by atoms with van der Waals surface area (Å²) in [6, 6.07) is -3.94. The van der Waals surface area contributed by atoms with Crippen LogP contribution in [0.1, 0.15) is 104 Å². The Hall–Kier alpha value is -3.68. The molecule has 5 rings (SSSR count). The van der Waals surface area contributed by atoms with E-state index >= 15 is 0 Å². The SMILES string of the molecule is C#CCCC(NC(=O)[C@@H]1[C@@H]2[C@H](CN1C(=O)[C@@H](NC(=O)N[C@H](C(=O)C1CC1)C1CCCCC1)C1CCCCC1)C2(C)C)C(=O)C(=O)NCC=C. The topological polar surface area (TPSA) is 154 Å². The standard InChI is InChI=1S/C38H55N5O6/c1-5-7-18-27(33(45)35(47)39-21-6-2)40-34(46)31-28-26(38(28,3)4)22-43(31)36(48)30(24-16-12-9-13-17-24)42-37(49)41-29(32(44)25-19-20-25)23-14-10-8-11-15-23/h1,6,23-31H,2,7-22H2,3-4H3,(H,39,47)(H,40,46)(H2,41,42,49)/t26-,27?,28-,29-,30-,31-/m0/s1. The number of carbonyl (C=O) groups excluding carboxylic acids is 6. The lowest BCUT2D eigenvalue weighted by atomic mass is 9.81. The fourth-order valence-corrected chi connectivity index (χ4v) is 8.84. The van der Waals surface area contributed by atoms with Crippen molar-refractivity contribution in [1.82, 2.24) is 26.2 Å². The molecule has 0 spiro atoms. The summed E-state index contributed by atoms with van der Waals surface area (Å²) in [6.45, 7) is 8.15. The van der Waals surface area contributed by atoms with Gasteiger partial charge in [0.15, 0.2) is 5.78 Å². The number of hydrogen-bond donors (Lipinski definition) is 4. The molecule has 5 aliphatic rings. The largest absolute Gasteiger partial charge is 0.346 e. The Labute approximate surface area is 290 Å². The van der Waals surface area contributed by atoms with E-state index in [0.29, 0.717) is 6.54 Å². The van der Waals surface area contributed by atoms with E-state index in [4.69, 9.17) is 6.42 Å². The summed E-state index contributed by atoms with van der Waals surface area (Å²) in [7, 11) is 0. The zero-order valence-corrected chi connectivity index (χ0v) is 29.3. The molecule has 0 aromatic rings. The highest BCUT2D eigenvalue weighted by molar-refractivity contribution is 6.38. The first-order chi connectivity index (χ1) is 23.5. The first-order valence-electron chi connectivity index (χ1n) is 18.6. The molecule has 1 aliphatic heterocycles. The molecule has 11 heteroatoms. The number of urea groups is 1. The highest BCUT2D eigenvalue weighted by atomic mass is 16.2. The minimum atomic E-state index is -1.15. The van der Waals surface area contributed by atoms with E-state index in [1.807, 2.05) is 0 Å². The molecule has 0 aromatic heterocycles. The van der Waals surface area contributed by atoms with Crippen molar-refractivity contribution in [1.29, 1.82) is 0 Å². The minimum Gasteiger partial charge on any atom is -0.346 e. The summed E-state index contributed by atoms with van der Waals surface area (Å²) >= 11 is 0. The number of nitrogens with one attached hydrogen (secondary N) is 4. The van der Waals surface area contributed by atoms with Gasteiger partial charge in [0, 0.05) is 25.4 Å². The number of nitrogens with zero attached hydrogens (tertiary/aromatic N) is 1. The van der Waals surface area contributed by atoms with Gasteiger partial charge in [-0.1, -0.05) is 58.4 Å². The van der Waals surface area contributed by atoms with E-state index in [2.05, 4.69) is 47.6 Å². The molecule has 1 unspecified atom stereocenters. The van der Waals surface area contributed by atoms with Crippen molar-refractivity contribution in [2.24, 2.45) is 35.0 Å². The van der Waals surface area contributed by atoms with Crippen LogP contribution in [-0.2, 0) is 24.0 Å². The first-order valence-corrected chi connectivity index (χ1v) is 18.6. The Morgan fingerprint density at radius 1 is 0.878 bits per heavy atom. The lowest BCUT2D eigenvalue weighted by molar-refractivity contribution is -0.144. The number of carbonyl (C=O) groups is 6. The van der Waals surface area contributed by atoms with Crippen molar-refractivity contribution in [2.75, 3.05) is 13.1 Å². The molecule has 5 fully saturated rings. The van der Waals surface area contributed by atoms with Gasteiger partial charge in [0.05, 0.1) is 12.1 Å². The van der Waals surface area contributed by atoms with Crippen molar-refractivity contribution >= 4 is 35.3 Å². The molecule has 11 nitrogen and oxygen atoms in total. The molecule has 0 bridgehead atoms. The summed E-state index contributed by atoms with van der Waals surface area (Å²) in [4.78, 5) is 83.0. The molecular formula is C38H55N5O6. The van der Waals surface area contributed by atoms with Crippen LogP contribution in [0.3, 0.4) is 0 Å². The van der Waals surface area contributed by atoms with Crippen molar-refractivity contribution < 1.29 is 28.8 Å². The van der Waals surface area contributed by atoms with E-state index in [1.165, 1.54) is 6.08 Å². The van der Waals surface area contributed by atoms with Crippen LogP contribution in [0.4, 0.5) is 4.79 Å². The van der Waals surface area contributed by atoms with Gasteiger partial charge in [-0.2, -0.15) is 0 Å². The van der Waals surface area contributed by atoms with Gasteiger partial charge in [-0.05, 0) is 74.0 Å². The van der Waals surface area contributed by atoms with Crippen LogP contribution in [0.5, 0.6) is 0 Å². The second-order valence-electron chi connectivity index (χ2n) is 15.6. The number of rotatable bonds is 15. The number of fused-ring (bicyclic) bond motifs is 1. The number of Topliss-reactive ketones (excluding diaryl/α,β-unsaturated/α-hetero) is 2. The van der Waals surface area contributed by atoms with Crippen LogP contribution in [-0.4, -0.2) is 77.5 Å². The van der Waals surface area contributed by atoms with E-state index in [0.717, 1.165) is 77.0 Å². The highest BCUT2D eigenvalue weighted by Gasteiger charge is 2.69.